The molecule has 0 heterocycles. The fourth-order valence-corrected chi connectivity index (χ4v) is 2.47. The molecule has 0 saturated heterocycles. The van der Waals surface area contributed by atoms with Crippen molar-refractivity contribution in [2.45, 2.75) is 25.4 Å². The van der Waals surface area contributed by atoms with Gasteiger partial charge in [0.2, 0.25) is 5.91 Å². The Balaban J connectivity index is 2.12. The van der Waals surface area contributed by atoms with Crippen LogP contribution in [0, 0.1) is 5.92 Å². The standard InChI is InChI=1S/C17H20F3NO3/c1-23-8-9-24-15-7-6-13(17(18,19)20)11-14(15)21-16(22)10-12-4-2-3-5-12/h2,4,6-7,11-12H,3,5,8-10H2,1H3,(H,21,22). The summed E-state index contributed by atoms with van der Waals surface area (Å²) in [7, 11) is 1.49. The fourth-order valence-electron chi connectivity index (χ4n) is 2.47. The van der Waals surface area contributed by atoms with E-state index in [0.29, 0.717) is 6.61 Å². The Bertz CT molecular complexity index is 599. The van der Waals surface area contributed by atoms with E-state index >= 15 is 0 Å². The molecule has 7 heteroatoms. The number of hydrogen-bond donors (Lipinski definition) is 1. The third-order valence-electron chi connectivity index (χ3n) is 3.69. The second kappa shape index (κ2) is 8.19. The number of ether oxygens (including phenoxy) is 2. The summed E-state index contributed by atoms with van der Waals surface area (Å²) in [5.41, 5.74) is -0.814. The molecule has 0 fully saturated rings. The Morgan fingerprint density at radius 2 is 2.12 bits per heavy atom. The predicted octanol–water partition coefficient (Wildman–Crippen LogP) is 4.03. The number of rotatable bonds is 7. The molecule has 1 aliphatic rings. The summed E-state index contributed by atoms with van der Waals surface area (Å²) in [6, 6.07) is 3.03. The summed E-state index contributed by atoms with van der Waals surface area (Å²) in [4.78, 5) is 12.1. The molecule has 0 bridgehead atoms. The summed E-state index contributed by atoms with van der Waals surface area (Å²) in [5.74, 6) is -0.00788. The van der Waals surface area contributed by atoms with Crippen molar-refractivity contribution in [3.05, 3.63) is 35.9 Å². The van der Waals surface area contributed by atoms with Crippen molar-refractivity contribution < 1.29 is 27.4 Å². The van der Waals surface area contributed by atoms with Crippen LogP contribution in [0.4, 0.5) is 18.9 Å². The predicted molar refractivity (Wildman–Crippen MR) is 83.9 cm³/mol. The van der Waals surface area contributed by atoms with E-state index in [9.17, 15) is 18.0 Å². The van der Waals surface area contributed by atoms with E-state index in [1.165, 1.54) is 13.2 Å². The zero-order valence-electron chi connectivity index (χ0n) is 13.4. The molecule has 4 nitrogen and oxygen atoms in total. The third kappa shape index (κ3) is 5.26. The molecule has 1 N–H and O–H groups in total. The highest BCUT2D eigenvalue weighted by Crippen LogP contribution is 2.35. The quantitative estimate of drug-likeness (QED) is 0.601. The van der Waals surface area contributed by atoms with Crippen molar-refractivity contribution in [3.63, 3.8) is 0 Å². The fraction of sp³-hybridized carbons (Fsp3) is 0.471. The van der Waals surface area contributed by atoms with Gasteiger partial charge < -0.3 is 14.8 Å². The molecule has 1 atom stereocenters. The minimum Gasteiger partial charge on any atom is -0.489 e. The Labute approximate surface area is 138 Å². The first-order chi connectivity index (χ1) is 11.4. The van der Waals surface area contributed by atoms with Gasteiger partial charge in [-0.3, -0.25) is 4.79 Å². The molecule has 0 saturated carbocycles. The number of allylic oxidation sites excluding steroid dienone is 2. The van der Waals surface area contributed by atoms with Crippen LogP contribution < -0.4 is 10.1 Å². The molecule has 132 valence electrons. The maximum atomic E-state index is 12.9. The minimum atomic E-state index is -4.49. The van der Waals surface area contributed by atoms with E-state index in [1.807, 2.05) is 12.2 Å². The first-order valence-corrected chi connectivity index (χ1v) is 7.69. The summed E-state index contributed by atoms with van der Waals surface area (Å²) >= 11 is 0. The van der Waals surface area contributed by atoms with Gasteiger partial charge in [0, 0.05) is 13.5 Å². The Morgan fingerprint density at radius 1 is 1.33 bits per heavy atom. The normalized spacial score (nSPS) is 17.1. The van der Waals surface area contributed by atoms with Gasteiger partial charge in [0.05, 0.1) is 17.9 Å². The molecule has 1 aromatic rings. The summed E-state index contributed by atoms with van der Waals surface area (Å²) in [6.07, 6.45) is 1.52. The molecular weight excluding hydrogens is 323 g/mol. The van der Waals surface area contributed by atoms with Crippen molar-refractivity contribution in [3.8, 4) is 5.75 Å². The largest absolute Gasteiger partial charge is 0.489 e. The monoisotopic (exact) mass is 343 g/mol. The van der Waals surface area contributed by atoms with E-state index < -0.39 is 11.7 Å². The highest BCUT2D eigenvalue weighted by molar-refractivity contribution is 5.92. The molecule has 0 aromatic heterocycles. The Hall–Kier alpha value is -2.02. The van der Waals surface area contributed by atoms with Crippen molar-refractivity contribution in [2.24, 2.45) is 5.92 Å². The molecule has 1 aliphatic carbocycles. The lowest BCUT2D eigenvalue weighted by Crippen LogP contribution is -2.17. The second-order valence-electron chi connectivity index (χ2n) is 5.57. The maximum Gasteiger partial charge on any atom is 0.416 e. The van der Waals surface area contributed by atoms with Crippen LogP contribution in [0.3, 0.4) is 0 Å². The van der Waals surface area contributed by atoms with Crippen LogP contribution in [0.1, 0.15) is 24.8 Å². The average Bonchev–Trinajstić information content (AvgIpc) is 3.00. The van der Waals surface area contributed by atoms with Crippen LogP contribution in [-0.4, -0.2) is 26.2 Å². The minimum absolute atomic E-state index is 0.0212. The van der Waals surface area contributed by atoms with Gasteiger partial charge in [0.1, 0.15) is 12.4 Å². The maximum absolute atomic E-state index is 12.9. The Morgan fingerprint density at radius 3 is 2.75 bits per heavy atom. The average molecular weight is 343 g/mol. The van der Waals surface area contributed by atoms with Gasteiger partial charge in [-0.2, -0.15) is 13.2 Å². The number of alkyl halides is 3. The molecule has 0 aliphatic heterocycles. The van der Waals surface area contributed by atoms with E-state index in [2.05, 4.69) is 5.32 Å². The second-order valence-corrected chi connectivity index (χ2v) is 5.57. The van der Waals surface area contributed by atoms with Crippen LogP contribution in [0.5, 0.6) is 5.75 Å². The zero-order chi connectivity index (χ0) is 17.6. The van der Waals surface area contributed by atoms with E-state index in [0.717, 1.165) is 25.0 Å². The van der Waals surface area contributed by atoms with Gasteiger partial charge in [0.15, 0.2) is 0 Å². The van der Waals surface area contributed by atoms with Crippen molar-refractivity contribution >= 4 is 11.6 Å². The van der Waals surface area contributed by atoms with Gasteiger partial charge in [-0.1, -0.05) is 12.2 Å². The number of benzene rings is 1. The molecule has 24 heavy (non-hydrogen) atoms. The number of methoxy groups -OCH3 is 1. The lowest BCUT2D eigenvalue weighted by atomic mass is 10.0. The zero-order valence-corrected chi connectivity index (χ0v) is 13.4. The number of amides is 1. The molecule has 0 spiro atoms. The molecule has 1 aromatic carbocycles. The summed E-state index contributed by atoms with van der Waals surface area (Å²) < 4.78 is 48.9. The molecule has 1 amide bonds. The lowest BCUT2D eigenvalue weighted by Gasteiger charge is -2.16. The van der Waals surface area contributed by atoms with E-state index in [4.69, 9.17) is 9.47 Å². The van der Waals surface area contributed by atoms with Gasteiger partial charge in [-0.25, -0.2) is 0 Å². The number of carbonyl (C=O) groups excluding carboxylic acids is 1. The van der Waals surface area contributed by atoms with Gasteiger partial charge >= 0.3 is 6.18 Å². The van der Waals surface area contributed by atoms with Crippen LogP contribution in [0.15, 0.2) is 30.4 Å². The number of anilines is 1. The smallest absolute Gasteiger partial charge is 0.416 e. The molecular formula is C17H20F3NO3. The topological polar surface area (TPSA) is 47.6 Å². The summed E-state index contributed by atoms with van der Waals surface area (Å²) in [6.45, 7) is 0.470. The van der Waals surface area contributed by atoms with Gasteiger partial charge in [-0.15, -0.1) is 0 Å². The Kier molecular flexibility index (Phi) is 6.25. The number of nitrogens with one attached hydrogen (secondary N) is 1. The van der Waals surface area contributed by atoms with Gasteiger partial charge in [-0.05, 0) is 37.0 Å². The van der Waals surface area contributed by atoms with Crippen molar-refractivity contribution in [1.82, 2.24) is 0 Å². The van der Waals surface area contributed by atoms with Crippen LogP contribution in [0.2, 0.25) is 0 Å². The molecule has 2 rings (SSSR count). The van der Waals surface area contributed by atoms with E-state index in [1.54, 1.807) is 0 Å². The lowest BCUT2D eigenvalue weighted by molar-refractivity contribution is -0.137. The highest BCUT2D eigenvalue weighted by Gasteiger charge is 2.31. The molecule has 1 unspecified atom stereocenters. The SMILES string of the molecule is COCCOc1ccc(C(F)(F)F)cc1NC(=O)CC1C=CCC1. The molecule has 0 radical (unpaired) electrons. The third-order valence-corrected chi connectivity index (χ3v) is 3.69. The van der Waals surface area contributed by atoms with Crippen LogP contribution in [0.25, 0.3) is 0 Å². The number of halogens is 3. The number of carbonyl (C=O) groups is 1. The summed E-state index contributed by atoms with van der Waals surface area (Å²) in [5, 5.41) is 2.54. The van der Waals surface area contributed by atoms with Crippen LogP contribution >= 0.6 is 0 Å². The van der Waals surface area contributed by atoms with Gasteiger partial charge in [0.25, 0.3) is 0 Å². The first-order valence-electron chi connectivity index (χ1n) is 7.69. The van der Waals surface area contributed by atoms with Crippen molar-refractivity contribution in [2.75, 3.05) is 25.6 Å². The highest BCUT2D eigenvalue weighted by atomic mass is 19.4. The van der Waals surface area contributed by atoms with Crippen molar-refractivity contribution in [1.29, 1.82) is 0 Å². The number of hydrogen-bond acceptors (Lipinski definition) is 3. The first kappa shape index (κ1) is 18.3. The van der Waals surface area contributed by atoms with E-state index in [-0.39, 0.29) is 36.3 Å². The van der Waals surface area contributed by atoms with Crippen LogP contribution in [-0.2, 0) is 15.7 Å².